The van der Waals surface area contributed by atoms with Crippen molar-refractivity contribution in [2.24, 2.45) is 0 Å². The Bertz CT molecular complexity index is 420. The van der Waals surface area contributed by atoms with Crippen LogP contribution in [0.5, 0.6) is 0 Å². The third kappa shape index (κ3) is 2.71. The average molecular weight is 221 g/mol. The van der Waals surface area contributed by atoms with E-state index in [4.69, 9.17) is 5.11 Å². The lowest BCUT2D eigenvalue weighted by atomic mass is 10.4. The maximum Gasteiger partial charge on any atom is 0.348 e. The summed E-state index contributed by atoms with van der Waals surface area (Å²) in [6.07, 6.45) is 0.969. The molecule has 0 unspecified atom stereocenters. The van der Waals surface area contributed by atoms with Crippen molar-refractivity contribution in [3.05, 3.63) is 16.3 Å². The molecule has 0 amide bonds. The Labute approximate surface area is 79.1 Å². The zero-order chi connectivity index (χ0) is 10.1. The van der Waals surface area contributed by atoms with E-state index in [1.807, 2.05) is 0 Å². The van der Waals surface area contributed by atoms with E-state index < -0.39 is 16.0 Å². The number of rotatable bonds is 3. The lowest BCUT2D eigenvalue weighted by molar-refractivity contribution is 0.0703. The molecule has 5 nitrogen and oxygen atoms in total. The van der Waals surface area contributed by atoms with Crippen LogP contribution in [-0.2, 0) is 10.0 Å². The fourth-order valence-electron chi connectivity index (χ4n) is 0.755. The monoisotopic (exact) mass is 221 g/mol. The minimum absolute atomic E-state index is 0.00887. The lowest BCUT2D eigenvalue weighted by Gasteiger charge is -2.01. The van der Waals surface area contributed by atoms with Crippen molar-refractivity contribution in [3.63, 3.8) is 0 Å². The summed E-state index contributed by atoms with van der Waals surface area (Å²) >= 11 is 0.972. The Morgan fingerprint density at radius 1 is 1.62 bits per heavy atom. The van der Waals surface area contributed by atoms with Gasteiger partial charge in [-0.15, -0.1) is 11.3 Å². The smallest absolute Gasteiger partial charge is 0.348 e. The largest absolute Gasteiger partial charge is 0.477 e. The fourth-order valence-corrected chi connectivity index (χ4v) is 2.08. The molecule has 0 aromatic carbocycles. The van der Waals surface area contributed by atoms with Crippen LogP contribution in [0.1, 0.15) is 9.67 Å². The molecular formula is C6H7NO4S2. The first-order valence-corrected chi connectivity index (χ1v) is 5.96. The van der Waals surface area contributed by atoms with Gasteiger partial charge in [-0.1, -0.05) is 0 Å². The number of carboxylic acids is 1. The molecule has 1 heterocycles. The third-order valence-electron chi connectivity index (χ3n) is 1.15. The highest BCUT2D eigenvalue weighted by atomic mass is 32.2. The standard InChI is InChI=1S/C6H7NO4S2/c1-13(10,11)7-4-2-3-12-5(4)6(8)9/h2-3,7H,1H3,(H,8,9). The highest BCUT2D eigenvalue weighted by Crippen LogP contribution is 2.22. The maximum absolute atomic E-state index is 10.8. The predicted octanol–water partition coefficient (Wildman–Crippen LogP) is 0.818. The molecule has 13 heavy (non-hydrogen) atoms. The zero-order valence-corrected chi connectivity index (χ0v) is 8.28. The van der Waals surface area contributed by atoms with Crippen LogP contribution < -0.4 is 4.72 Å². The Hall–Kier alpha value is -1.08. The van der Waals surface area contributed by atoms with Gasteiger partial charge in [0.15, 0.2) is 0 Å². The van der Waals surface area contributed by atoms with Gasteiger partial charge >= 0.3 is 5.97 Å². The van der Waals surface area contributed by atoms with Crippen LogP contribution in [0.25, 0.3) is 0 Å². The summed E-state index contributed by atoms with van der Waals surface area (Å²) in [5, 5.41) is 10.1. The molecule has 0 saturated heterocycles. The Morgan fingerprint density at radius 2 is 2.23 bits per heavy atom. The highest BCUT2D eigenvalue weighted by Gasteiger charge is 2.13. The van der Waals surface area contributed by atoms with Gasteiger partial charge in [0.05, 0.1) is 11.9 Å². The van der Waals surface area contributed by atoms with Crippen molar-refractivity contribution in [1.82, 2.24) is 0 Å². The molecule has 1 aromatic heterocycles. The minimum Gasteiger partial charge on any atom is -0.477 e. The summed E-state index contributed by atoms with van der Waals surface area (Å²) in [5.41, 5.74) is 0.111. The van der Waals surface area contributed by atoms with E-state index in [1.54, 1.807) is 0 Å². The van der Waals surface area contributed by atoms with Gasteiger partial charge in [-0.25, -0.2) is 13.2 Å². The van der Waals surface area contributed by atoms with E-state index in [0.717, 1.165) is 17.6 Å². The van der Waals surface area contributed by atoms with Gasteiger partial charge in [-0.2, -0.15) is 0 Å². The van der Waals surface area contributed by atoms with Gasteiger partial charge in [-0.3, -0.25) is 4.72 Å². The number of carbonyl (C=O) groups is 1. The molecule has 0 aliphatic heterocycles. The molecule has 0 spiro atoms. The van der Waals surface area contributed by atoms with Crippen LogP contribution in [-0.4, -0.2) is 25.7 Å². The highest BCUT2D eigenvalue weighted by molar-refractivity contribution is 7.92. The topological polar surface area (TPSA) is 83.5 Å². The minimum atomic E-state index is -3.41. The lowest BCUT2D eigenvalue weighted by Crippen LogP contribution is -2.11. The molecule has 2 N–H and O–H groups in total. The summed E-state index contributed by atoms with van der Waals surface area (Å²) in [4.78, 5) is 10.5. The van der Waals surface area contributed by atoms with Crippen LogP contribution in [0.15, 0.2) is 11.4 Å². The van der Waals surface area contributed by atoms with Crippen LogP contribution >= 0.6 is 11.3 Å². The Morgan fingerprint density at radius 3 is 2.69 bits per heavy atom. The number of hydrogen-bond acceptors (Lipinski definition) is 4. The first-order chi connectivity index (χ1) is 5.90. The van der Waals surface area contributed by atoms with Crippen molar-refractivity contribution in [2.75, 3.05) is 11.0 Å². The van der Waals surface area contributed by atoms with Gasteiger partial charge in [-0.05, 0) is 11.4 Å². The summed E-state index contributed by atoms with van der Waals surface area (Å²) in [7, 11) is -3.41. The molecule has 0 aliphatic carbocycles. The molecule has 1 aromatic rings. The Kier molecular flexibility index (Phi) is 2.58. The van der Waals surface area contributed by atoms with E-state index >= 15 is 0 Å². The SMILES string of the molecule is CS(=O)(=O)Nc1ccsc1C(=O)O. The van der Waals surface area contributed by atoms with Crippen molar-refractivity contribution >= 4 is 33.0 Å². The van der Waals surface area contributed by atoms with E-state index in [-0.39, 0.29) is 10.6 Å². The number of sulfonamides is 1. The third-order valence-corrected chi connectivity index (χ3v) is 2.65. The van der Waals surface area contributed by atoms with Crippen molar-refractivity contribution in [3.8, 4) is 0 Å². The van der Waals surface area contributed by atoms with E-state index in [9.17, 15) is 13.2 Å². The quantitative estimate of drug-likeness (QED) is 0.791. The molecule has 0 fully saturated rings. The maximum atomic E-state index is 10.8. The number of thiophene rings is 1. The second-order valence-corrected chi connectivity index (χ2v) is 5.01. The zero-order valence-electron chi connectivity index (χ0n) is 6.64. The van der Waals surface area contributed by atoms with Gasteiger partial charge < -0.3 is 5.11 Å². The molecule has 7 heteroatoms. The number of nitrogens with one attached hydrogen (secondary N) is 1. The number of anilines is 1. The van der Waals surface area contributed by atoms with Crippen LogP contribution in [0.2, 0.25) is 0 Å². The van der Waals surface area contributed by atoms with Gasteiger partial charge in [0.2, 0.25) is 10.0 Å². The molecule has 0 saturated carbocycles. The van der Waals surface area contributed by atoms with Crippen molar-refractivity contribution in [2.45, 2.75) is 0 Å². The number of aromatic carboxylic acids is 1. The van der Waals surface area contributed by atoms with E-state index in [2.05, 4.69) is 4.72 Å². The van der Waals surface area contributed by atoms with E-state index in [1.165, 1.54) is 11.4 Å². The van der Waals surface area contributed by atoms with Gasteiger partial charge in [0.1, 0.15) is 4.88 Å². The summed E-state index contributed by atoms with van der Waals surface area (Å²) < 4.78 is 23.7. The number of carboxylic acid groups (broad SMARTS) is 1. The number of hydrogen-bond donors (Lipinski definition) is 2. The van der Waals surface area contributed by atoms with Gasteiger partial charge in [0.25, 0.3) is 0 Å². The summed E-state index contributed by atoms with van der Waals surface area (Å²) in [5.74, 6) is -1.14. The molecule has 0 atom stereocenters. The molecule has 0 aliphatic rings. The normalized spacial score (nSPS) is 11.2. The van der Waals surface area contributed by atoms with Gasteiger partial charge in [0, 0.05) is 0 Å². The molecule has 72 valence electrons. The molecule has 0 bridgehead atoms. The summed E-state index contributed by atoms with van der Waals surface area (Å²) in [6, 6.07) is 1.41. The first-order valence-electron chi connectivity index (χ1n) is 3.19. The first kappa shape index (κ1) is 10.0. The Balaban J connectivity index is 3.02. The van der Waals surface area contributed by atoms with Crippen LogP contribution in [0.3, 0.4) is 0 Å². The van der Waals surface area contributed by atoms with Crippen LogP contribution in [0.4, 0.5) is 5.69 Å². The van der Waals surface area contributed by atoms with E-state index in [0.29, 0.717) is 0 Å². The van der Waals surface area contributed by atoms with Crippen LogP contribution in [0, 0.1) is 0 Å². The van der Waals surface area contributed by atoms with Crippen molar-refractivity contribution < 1.29 is 18.3 Å². The second kappa shape index (κ2) is 3.35. The molecule has 1 rings (SSSR count). The predicted molar refractivity (Wildman–Crippen MR) is 49.7 cm³/mol. The fraction of sp³-hybridized carbons (Fsp3) is 0.167. The second-order valence-electron chi connectivity index (χ2n) is 2.34. The molecule has 0 radical (unpaired) electrons. The average Bonchev–Trinajstić information content (AvgIpc) is 2.31. The van der Waals surface area contributed by atoms with Crippen molar-refractivity contribution in [1.29, 1.82) is 0 Å². The summed E-state index contributed by atoms with van der Waals surface area (Å²) in [6.45, 7) is 0. The molecular weight excluding hydrogens is 214 g/mol.